The lowest BCUT2D eigenvalue weighted by atomic mass is 10.2. The van der Waals surface area contributed by atoms with Crippen LogP contribution in [0.5, 0.6) is 0 Å². The molecule has 0 aliphatic carbocycles. The van der Waals surface area contributed by atoms with Gasteiger partial charge in [0, 0.05) is 13.1 Å². The molecule has 2 aromatic rings. The van der Waals surface area contributed by atoms with Gasteiger partial charge >= 0.3 is 0 Å². The number of aromatic nitrogens is 3. The second-order valence-corrected chi connectivity index (χ2v) is 4.35. The van der Waals surface area contributed by atoms with Crippen molar-refractivity contribution in [3.05, 3.63) is 46.5 Å². The van der Waals surface area contributed by atoms with E-state index in [1.165, 1.54) is 5.56 Å². The van der Waals surface area contributed by atoms with Crippen LogP contribution in [0.3, 0.4) is 0 Å². The van der Waals surface area contributed by atoms with Gasteiger partial charge in [-0.15, -0.1) is 0 Å². The van der Waals surface area contributed by atoms with Crippen molar-refractivity contribution in [1.29, 1.82) is 0 Å². The van der Waals surface area contributed by atoms with Crippen molar-refractivity contribution in [1.82, 2.24) is 15.0 Å². The van der Waals surface area contributed by atoms with Crippen LogP contribution in [0.15, 0.2) is 30.3 Å². The summed E-state index contributed by atoms with van der Waals surface area (Å²) in [6, 6.07) is 10.1. The Hall–Kier alpha value is -1.39. The number of benzene rings is 1. The first-order chi connectivity index (χ1) is 8.69. The van der Waals surface area contributed by atoms with E-state index in [1.54, 1.807) is 0 Å². The van der Waals surface area contributed by atoms with Crippen molar-refractivity contribution >= 4 is 29.2 Å². The molecular formula is C12H12Cl2N4. The molecule has 18 heavy (non-hydrogen) atoms. The smallest absolute Gasteiger partial charge is 0.231 e. The van der Waals surface area contributed by atoms with E-state index in [0.717, 1.165) is 6.54 Å². The van der Waals surface area contributed by atoms with Gasteiger partial charge in [0.1, 0.15) is 0 Å². The molecule has 0 spiro atoms. The highest BCUT2D eigenvalue weighted by Crippen LogP contribution is 2.16. The van der Waals surface area contributed by atoms with Gasteiger partial charge in [-0.05, 0) is 35.7 Å². The molecule has 1 aromatic heterocycles. The lowest BCUT2D eigenvalue weighted by molar-refractivity contribution is 0.784. The minimum Gasteiger partial charge on any atom is -0.337 e. The minimum atomic E-state index is 0.108. The van der Waals surface area contributed by atoms with E-state index >= 15 is 0 Å². The van der Waals surface area contributed by atoms with Gasteiger partial charge in [-0.1, -0.05) is 30.3 Å². The van der Waals surface area contributed by atoms with E-state index in [-0.39, 0.29) is 10.6 Å². The molecule has 2 rings (SSSR count). The highest BCUT2D eigenvalue weighted by atomic mass is 35.5. The van der Waals surface area contributed by atoms with Crippen molar-refractivity contribution in [2.75, 3.05) is 11.4 Å². The van der Waals surface area contributed by atoms with Crippen LogP contribution in [0, 0.1) is 0 Å². The quantitative estimate of drug-likeness (QED) is 0.864. The SMILES string of the molecule is CCN(Cc1ccccc1)c1nc(Cl)nc(Cl)n1. The summed E-state index contributed by atoms with van der Waals surface area (Å²) in [6.07, 6.45) is 0. The molecule has 4 nitrogen and oxygen atoms in total. The maximum atomic E-state index is 5.78. The summed E-state index contributed by atoms with van der Waals surface area (Å²) >= 11 is 11.6. The predicted octanol–water partition coefficient (Wildman–Crippen LogP) is 3.20. The van der Waals surface area contributed by atoms with Crippen LogP contribution in [0.2, 0.25) is 10.6 Å². The molecule has 0 atom stereocenters. The molecule has 0 aliphatic heterocycles. The molecule has 0 N–H and O–H groups in total. The molecule has 0 amide bonds. The second-order valence-electron chi connectivity index (χ2n) is 3.67. The highest BCUT2D eigenvalue weighted by molar-refractivity contribution is 6.31. The lowest BCUT2D eigenvalue weighted by Crippen LogP contribution is -2.24. The third kappa shape index (κ3) is 3.31. The van der Waals surface area contributed by atoms with Crippen LogP contribution in [0.4, 0.5) is 5.95 Å². The highest BCUT2D eigenvalue weighted by Gasteiger charge is 2.11. The van der Waals surface area contributed by atoms with Crippen LogP contribution >= 0.6 is 23.2 Å². The fraction of sp³-hybridized carbons (Fsp3) is 0.250. The maximum Gasteiger partial charge on any atom is 0.231 e. The topological polar surface area (TPSA) is 41.9 Å². The molecule has 94 valence electrons. The monoisotopic (exact) mass is 282 g/mol. The van der Waals surface area contributed by atoms with Crippen molar-refractivity contribution in [2.45, 2.75) is 13.5 Å². The van der Waals surface area contributed by atoms with E-state index in [2.05, 4.69) is 15.0 Å². The average Bonchev–Trinajstić information content (AvgIpc) is 2.36. The zero-order valence-corrected chi connectivity index (χ0v) is 11.4. The van der Waals surface area contributed by atoms with Crippen molar-refractivity contribution in [3.63, 3.8) is 0 Å². The maximum absolute atomic E-state index is 5.78. The first-order valence-corrected chi connectivity index (χ1v) is 6.30. The summed E-state index contributed by atoms with van der Waals surface area (Å²) in [6.45, 7) is 3.48. The van der Waals surface area contributed by atoms with Gasteiger partial charge in [-0.3, -0.25) is 0 Å². The Morgan fingerprint density at radius 2 is 1.61 bits per heavy atom. The lowest BCUT2D eigenvalue weighted by Gasteiger charge is -2.20. The summed E-state index contributed by atoms with van der Waals surface area (Å²) in [5, 5.41) is 0.216. The largest absolute Gasteiger partial charge is 0.337 e. The summed E-state index contributed by atoms with van der Waals surface area (Å²) in [5.74, 6) is 0.492. The third-order valence-corrected chi connectivity index (χ3v) is 2.79. The molecule has 0 unspecified atom stereocenters. The van der Waals surface area contributed by atoms with Gasteiger partial charge in [0.25, 0.3) is 0 Å². The molecule has 1 heterocycles. The fourth-order valence-corrected chi connectivity index (χ4v) is 1.94. The second kappa shape index (κ2) is 5.98. The van der Waals surface area contributed by atoms with E-state index in [4.69, 9.17) is 23.2 Å². The number of rotatable bonds is 4. The van der Waals surface area contributed by atoms with Crippen LogP contribution in [-0.4, -0.2) is 21.5 Å². The van der Waals surface area contributed by atoms with Crippen molar-refractivity contribution < 1.29 is 0 Å². The molecule has 0 aliphatic rings. The Morgan fingerprint density at radius 3 is 2.17 bits per heavy atom. The minimum absolute atomic E-state index is 0.108. The van der Waals surface area contributed by atoms with E-state index in [1.807, 2.05) is 42.2 Å². The Balaban J connectivity index is 2.23. The third-order valence-electron chi connectivity index (χ3n) is 2.45. The number of hydrogen-bond acceptors (Lipinski definition) is 4. The van der Waals surface area contributed by atoms with Crippen molar-refractivity contribution in [2.24, 2.45) is 0 Å². The summed E-state index contributed by atoms with van der Waals surface area (Å²) in [7, 11) is 0. The first-order valence-electron chi connectivity index (χ1n) is 5.55. The molecule has 0 saturated carbocycles. The van der Waals surface area contributed by atoms with E-state index < -0.39 is 0 Å². The predicted molar refractivity (Wildman–Crippen MR) is 73.0 cm³/mol. The van der Waals surface area contributed by atoms with Crippen molar-refractivity contribution in [3.8, 4) is 0 Å². The Bertz CT molecular complexity index is 498. The van der Waals surface area contributed by atoms with Crippen LogP contribution in [0.1, 0.15) is 12.5 Å². The Kier molecular flexibility index (Phi) is 4.33. The van der Waals surface area contributed by atoms with Gasteiger partial charge in [0.15, 0.2) is 0 Å². The number of nitrogens with zero attached hydrogens (tertiary/aromatic N) is 4. The zero-order valence-electron chi connectivity index (χ0n) is 9.85. The van der Waals surface area contributed by atoms with Gasteiger partial charge in [0.2, 0.25) is 16.5 Å². The van der Waals surface area contributed by atoms with E-state index in [0.29, 0.717) is 12.5 Å². The van der Waals surface area contributed by atoms with Gasteiger partial charge in [0.05, 0.1) is 0 Å². The number of anilines is 1. The first kappa shape index (κ1) is 13.1. The summed E-state index contributed by atoms with van der Waals surface area (Å²) in [5.41, 5.74) is 1.17. The summed E-state index contributed by atoms with van der Waals surface area (Å²) in [4.78, 5) is 13.9. The van der Waals surface area contributed by atoms with E-state index in [9.17, 15) is 0 Å². The molecule has 6 heteroatoms. The Labute approximate surface area is 116 Å². The molecule has 0 bridgehead atoms. The van der Waals surface area contributed by atoms with Gasteiger partial charge in [-0.2, -0.15) is 15.0 Å². The molecule has 0 radical (unpaired) electrons. The van der Waals surface area contributed by atoms with Crippen LogP contribution in [-0.2, 0) is 6.54 Å². The van der Waals surface area contributed by atoms with Crippen LogP contribution < -0.4 is 4.90 Å². The van der Waals surface area contributed by atoms with Gasteiger partial charge < -0.3 is 4.90 Å². The standard InChI is InChI=1S/C12H12Cl2N4/c1-2-18(8-9-6-4-3-5-7-9)12-16-10(13)15-11(14)17-12/h3-7H,2,8H2,1H3. The number of halogens is 2. The van der Waals surface area contributed by atoms with Crippen LogP contribution in [0.25, 0.3) is 0 Å². The normalized spacial score (nSPS) is 10.4. The molecule has 0 saturated heterocycles. The zero-order chi connectivity index (χ0) is 13.0. The number of hydrogen-bond donors (Lipinski definition) is 0. The average molecular weight is 283 g/mol. The fourth-order valence-electron chi connectivity index (χ4n) is 1.59. The molecule has 1 aromatic carbocycles. The summed E-state index contributed by atoms with van der Waals surface area (Å²) < 4.78 is 0. The van der Waals surface area contributed by atoms with Gasteiger partial charge in [-0.25, -0.2) is 0 Å². The molecule has 0 fully saturated rings. The Morgan fingerprint density at radius 1 is 1.00 bits per heavy atom. The molecular weight excluding hydrogens is 271 g/mol.